The van der Waals surface area contributed by atoms with Crippen LogP contribution in [0.3, 0.4) is 0 Å². The summed E-state index contributed by atoms with van der Waals surface area (Å²) in [6.45, 7) is 6.35. The molecule has 0 radical (unpaired) electrons. The minimum absolute atomic E-state index is 0.240. The van der Waals surface area contributed by atoms with E-state index >= 15 is 0 Å². The molecule has 1 amide bonds. The van der Waals surface area contributed by atoms with Crippen molar-refractivity contribution in [3.05, 3.63) is 76.9 Å². The van der Waals surface area contributed by atoms with E-state index in [0.29, 0.717) is 11.3 Å². The lowest BCUT2D eigenvalue weighted by Crippen LogP contribution is -2.16. The van der Waals surface area contributed by atoms with Gasteiger partial charge in [0.05, 0.1) is 10.2 Å². The van der Waals surface area contributed by atoms with Gasteiger partial charge in [0.2, 0.25) is 0 Å². The van der Waals surface area contributed by atoms with Gasteiger partial charge in [-0.2, -0.15) is 4.99 Å². The highest BCUT2D eigenvalue weighted by Crippen LogP contribution is 2.21. The first kappa shape index (κ1) is 15.4. The van der Waals surface area contributed by atoms with Gasteiger partial charge >= 0.3 is 0 Å². The maximum atomic E-state index is 13.3. The summed E-state index contributed by atoms with van der Waals surface area (Å²) in [7, 11) is 0. The maximum absolute atomic E-state index is 13.3. The summed E-state index contributed by atoms with van der Waals surface area (Å²) in [6.07, 6.45) is 1.77. The van der Waals surface area contributed by atoms with E-state index in [0.717, 1.165) is 15.8 Å². The van der Waals surface area contributed by atoms with Gasteiger partial charge in [0, 0.05) is 12.1 Å². The predicted octanol–water partition coefficient (Wildman–Crippen LogP) is 4.08. The first-order chi connectivity index (χ1) is 11.1. The SMILES string of the molecule is C=CCn1c(=NC(=O)c2cccc(F)c2)sc2cccc(C)c21. The molecule has 0 saturated carbocycles. The molecule has 0 aliphatic rings. The van der Waals surface area contributed by atoms with Gasteiger partial charge in [-0.25, -0.2) is 4.39 Å². The normalized spacial score (nSPS) is 11.8. The molecule has 2 aromatic carbocycles. The average Bonchev–Trinajstić information content (AvgIpc) is 2.86. The molecule has 0 spiro atoms. The van der Waals surface area contributed by atoms with Crippen molar-refractivity contribution in [3.8, 4) is 0 Å². The number of rotatable bonds is 3. The quantitative estimate of drug-likeness (QED) is 0.668. The minimum Gasteiger partial charge on any atom is -0.312 e. The Hall–Kier alpha value is -2.53. The number of amides is 1. The summed E-state index contributed by atoms with van der Waals surface area (Å²) >= 11 is 1.44. The first-order valence-corrected chi connectivity index (χ1v) is 7.96. The van der Waals surface area contributed by atoms with E-state index in [9.17, 15) is 9.18 Å². The topological polar surface area (TPSA) is 34.4 Å². The van der Waals surface area contributed by atoms with E-state index in [-0.39, 0.29) is 5.56 Å². The molecule has 5 heteroatoms. The summed E-state index contributed by atoms with van der Waals surface area (Å²) in [5.41, 5.74) is 2.40. The van der Waals surface area contributed by atoms with E-state index in [1.807, 2.05) is 29.7 Å². The molecule has 3 nitrogen and oxygen atoms in total. The zero-order valence-corrected chi connectivity index (χ0v) is 13.4. The smallest absolute Gasteiger partial charge is 0.279 e. The summed E-state index contributed by atoms with van der Waals surface area (Å²) < 4.78 is 16.3. The summed E-state index contributed by atoms with van der Waals surface area (Å²) in [5, 5.41) is 0. The van der Waals surface area contributed by atoms with Crippen molar-refractivity contribution in [2.75, 3.05) is 0 Å². The fourth-order valence-corrected chi connectivity index (χ4v) is 3.58. The zero-order chi connectivity index (χ0) is 16.4. The van der Waals surface area contributed by atoms with Crippen LogP contribution < -0.4 is 4.80 Å². The highest BCUT2D eigenvalue weighted by atomic mass is 32.1. The van der Waals surface area contributed by atoms with Crippen molar-refractivity contribution >= 4 is 27.5 Å². The molecule has 0 bridgehead atoms. The Morgan fingerprint density at radius 1 is 1.35 bits per heavy atom. The molecule has 1 aromatic heterocycles. The number of nitrogens with zero attached hydrogens (tertiary/aromatic N) is 2. The highest BCUT2D eigenvalue weighted by molar-refractivity contribution is 7.16. The van der Waals surface area contributed by atoms with Crippen LogP contribution in [0.2, 0.25) is 0 Å². The number of thiazole rings is 1. The van der Waals surface area contributed by atoms with Crippen LogP contribution in [0.5, 0.6) is 0 Å². The van der Waals surface area contributed by atoms with Gasteiger partial charge in [-0.15, -0.1) is 6.58 Å². The molecule has 3 rings (SSSR count). The Kier molecular flexibility index (Phi) is 4.21. The largest absolute Gasteiger partial charge is 0.312 e. The van der Waals surface area contributed by atoms with Crippen molar-refractivity contribution in [1.82, 2.24) is 4.57 Å². The third-order valence-corrected chi connectivity index (χ3v) is 4.53. The molecule has 0 N–H and O–H groups in total. The van der Waals surface area contributed by atoms with E-state index in [1.54, 1.807) is 12.1 Å². The number of allylic oxidation sites excluding steroid dienone is 1. The molecule has 116 valence electrons. The molecule has 0 saturated heterocycles. The van der Waals surface area contributed by atoms with Gasteiger partial charge < -0.3 is 4.57 Å². The second kappa shape index (κ2) is 6.30. The third-order valence-electron chi connectivity index (χ3n) is 3.48. The van der Waals surface area contributed by atoms with Gasteiger partial charge in [0.1, 0.15) is 5.82 Å². The Bertz CT molecular complexity index is 969. The number of para-hydroxylation sites is 1. The molecule has 3 aromatic rings. The van der Waals surface area contributed by atoms with Gasteiger partial charge in [0.15, 0.2) is 4.80 Å². The summed E-state index contributed by atoms with van der Waals surface area (Å²) in [4.78, 5) is 17.1. The molecule has 0 aliphatic carbocycles. The number of hydrogen-bond acceptors (Lipinski definition) is 2. The number of aromatic nitrogens is 1. The van der Waals surface area contributed by atoms with Crippen LogP contribution in [-0.2, 0) is 6.54 Å². The predicted molar refractivity (Wildman–Crippen MR) is 91.0 cm³/mol. The molecule has 0 unspecified atom stereocenters. The zero-order valence-electron chi connectivity index (χ0n) is 12.6. The molecule has 0 aliphatic heterocycles. The monoisotopic (exact) mass is 326 g/mol. The van der Waals surface area contributed by atoms with E-state index in [4.69, 9.17) is 0 Å². The Balaban J connectivity index is 2.18. The number of carbonyl (C=O) groups excluding carboxylic acids is 1. The van der Waals surface area contributed by atoms with Crippen LogP contribution in [0.25, 0.3) is 10.2 Å². The van der Waals surface area contributed by atoms with E-state index < -0.39 is 11.7 Å². The Morgan fingerprint density at radius 3 is 2.87 bits per heavy atom. The lowest BCUT2D eigenvalue weighted by atomic mass is 10.2. The second-order valence-electron chi connectivity index (χ2n) is 5.13. The van der Waals surface area contributed by atoms with Crippen molar-refractivity contribution in [2.24, 2.45) is 4.99 Å². The van der Waals surface area contributed by atoms with E-state index in [2.05, 4.69) is 11.6 Å². The van der Waals surface area contributed by atoms with Gasteiger partial charge in [-0.05, 0) is 36.8 Å². The number of benzene rings is 2. The van der Waals surface area contributed by atoms with Gasteiger partial charge in [-0.1, -0.05) is 35.6 Å². The molecule has 1 heterocycles. The lowest BCUT2D eigenvalue weighted by Gasteiger charge is -2.03. The van der Waals surface area contributed by atoms with Gasteiger partial charge in [0.25, 0.3) is 5.91 Å². The third kappa shape index (κ3) is 3.00. The average molecular weight is 326 g/mol. The van der Waals surface area contributed by atoms with Crippen LogP contribution >= 0.6 is 11.3 Å². The standard InChI is InChI=1S/C18H15FN2OS/c1-3-10-21-16-12(2)6-4-9-15(16)23-18(21)20-17(22)13-7-5-8-14(19)11-13/h3-9,11H,1,10H2,2H3. The number of fused-ring (bicyclic) bond motifs is 1. The Morgan fingerprint density at radius 2 is 2.13 bits per heavy atom. The van der Waals surface area contributed by atoms with Crippen molar-refractivity contribution in [3.63, 3.8) is 0 Å². The van der Waals surface area contributed by atoms with Crippen molar-refractivity contribution in [2.45, 2.75) is 13.5 Å². The number of carbonyl (C=O) groups is 1. The van der Waals surface area contributed by atoms with Crippen LogP contribution in [0.1, 0.15) is 15.9 Å². The van der Waals surface area contributed by atoms with Crippen LogP contribution in [0, 0.1) is 12.7 Å². The highest BCUT2D eigenvalue weighted by Gasteiger charge is 2.10. The molecular weight excluding hydrogens is 311 g/mol. The number of halogens is 1. The summed E-state index contributed by atoms with van der Waals surface area (Å²) in [5.74, 6) is -0.899. The van der Waals surface area contributed by atoms with Crippen LogP contribution in [0.15, 0.2) is 60.1 Å². The van der Waals surface area contributed by atoms with Crippen LogP contribution in [0.4, 0.5) is 4.39 Å². The van der Waals surface area contributed by atoms with Crippen molar-refractivity contribution < 1.29 is 9.18 Å². The Labute approximate surface area is 137 Å². The first-order valence-electron chi connectivity index (χ1n) is 7.14. The minimum atomic E-state index is -0.452. The van der Waals surface area contributed by atoms with E-state index in [1.165, 1.54) is 29.5 Å². The second-order valence-corrected chi connectivity index (χ2v) is 6.14. The molecule has 0 fully saturated rings. The number of aryl methyl sites for hydroxylation is 1. The molecular formula is C18H15FN2OS. The maximum Gasteiger partial charge on any atom is 0.279 e. The summed E-state index contributed by atoms with van der Waals surface area (Å²) in [6, 6.07) is 11.6. The van der Waals surface area contributed by atoms with Crippen molar-refractivity contribution in [1.29, 1.82) is 0 Å². The number of hydrogen-bond donors (Lipinski definition) is 0. The molecule has 23 heavy (non-hydrogen) atoms. The van der Waals surface area contributed by atoms with Gasteiger partial charge in [-0.3, -0.25) is 4.79 Å². The lowest BCUT2D eigenvalue weighted by molar-refractivity contribution is 0.0997. The fraction of sp³-hybridized carbons (Fsp3) is 0.111. The fourth-order valence-electron chi connectivity index (χ4n) is 2.46. The van der Waals surface area contributed by atoms with Crippen LogP contribution in [-0.4, -0.2) is 10.5 Å². The molecule has 0 atom stereocenters.